The fourth-order valence-corrected chi connectivity index (χ4v) is 1.41. The van der Waals surface area contributed by atoms with Crippen molar-refractivity contribution in [1.29, 1.82) is 0 Å². The Balaban J connectivity index is 2.69. The van der Waals surface area contributed by atoms with Crippen LogP contribution in [0.2, 0.25) is 0 Å². The standard InChI is InChI=1S/C11H9NO3/c1-15-9-4-2-3-7-5-8(11(13)14)6-12-10(7)9/h2-6H,1H3,(H,13,14). The Kier molecular flexibility index (Phi) is 2.25. The van der Waals surface area contributed by atoms with Crippen molar-refractivity contribution in [2.24, 2.45) is 0 Å². The van der Waals surface area contributed by atoms with Crippen molar-refractivity contribution in [3.8, 4) is 5.75 Å². The number of para-hydroxylation sites is 1. The Morgan fingerprint density at radius 3 is 2.93 bits per heavy atom. The minimum Gasteiger partial charge on any atom is -0.494 e. The molecule has 0 atom stereocenters. The van der Waals surface area contributed by atoms with Crippen molar-refractivity contribution in [3.63, 3.8) is 0 Å². The Hall–Kier alpha value is -2.10. The molecule has 4 nitrogen and oxygen atoms in total. The number of methoxy groups -OCH3 is 1. The number of rotatable bonds is 2. The number of benzene rings is 1. The summed E-state index contributed by atoms with van der Waals surface area (Å²) in [4.78, 5) is 14.8. The second-order valence-electron chi connectivity index (χ2n) is 3.06. The first-order valence-corrected chi connectivity index (χ1v) is 4.38. The summed E-state index contributed by atoms with van der Waals surface area (Å²) in [5, 5.41) is 9.56. The van der Waals surface area contributed by atoms with Gasteiger partial charge >= 0.3 is 5.97 Å². The van der Waals surface area contributed by atoms with E-state index in [2.05, 4.69) is 4.98 Å². The predicted molar refractivity (Wildman–Crippen MR) is 55.3 cm³/mol. The Bertz CT molecular complexity index is 522. The summed E-state index contributed by atoms with van der Waals surface area (Å²) in [7, 11) is 1.56. The zero-order chi connectivity index (χ0) is 10.8. The number of fused-ring (bicyclic) bond motifs is 1. The maximum atomic E-state index is 10.7. The lowest BCUT2D eigenvalue weighted by Gasteiger charge is -2.04. The minimum absolute atomic E-state index is 0.177. The number of hydrogen-bond donors (Lipinski definition) is 1. The molecule has 0 spiro atoms. The number of nitrogens with zero attached hydrogens (tertiary/aromatic N) is 1. The number of ether oxygens (including phenoxy) is 1. The number of carbonyl (C=O) groups is 1. The molecular weight excluding hydrogens is 194 g/mol. The molecule has 4 heteroatoms. The molecule has 0 aliphatic heterocycles. The van der Waals surface area contributed by atoms with Gasteiger partial charge in [0.1, 0.15) is 11.3 Å². The lowest BCUT2D eigenvalue weighted by atomic mass is 10.1. The van der Waals surface area contributed by atoms with Crippen LogP contribution in [0.3, 0.4) is 0 Å². The van der Waals surface area contributed by atoms with Crippen LogP contribution >= 0.6 is 0 Å². The van der Waals surface area contributed by atoms with Crippen molar-refractivity contribution in [2.45, 2.75) is 0 Å². The Labute approximate surface area is 86.1 Å². The van der Waals surface area contributed by atoms with Crippen molar-refractivity contribution >= 4 is 16.9 Å². The van der Waals surface area contributed by atoms with E-state index in [0.717, 1.165) is 5.39 Å². The number of aromatic carboxylic acids is 1. The van der Waals surface area contributed by atoms with Gasteiger partial charge in [0, 0.05) is 11.6 Å². The van der Waals surface area contributed by atoms with Crippen molar-refractivity contribution in [3.05, 3.63) is 36.0 Å². The van der Waals surface area contributed by atoms with E-state index in [0.29, 0.717) is 11.3 Å². The second kappa shape index (κ2) is 3.57. The first-order chi connectivity index (χ1) is 7.22. The van der Waals surface area contributed by atoms with E-state index >= 15 is 0 Å². The van der Waals surface area contributed by atoms with E-state index < -0.39 is 5.97 Å². The van der Waals surface area contributed by atoms with E-state index in [1.54, 1.807) is 31.4 Å². The second-order valence-corrected chi connectivity index (χ2v) is 3.06. The fraction of sp³-hybridized carbons (Fsp3) is 0.0909. The van der Waals surface area contributed by atoms with E-state index in [1.165, 1.54) is 6.20 Å². The third-order valence-corrected chi connectivity index (χ3v) is 2.14. The highest BCUT2D eigenvalue weighted by molar-refractivity contribution is 5.93. The maximum absolute atomic E-state index is 10.7. The van der Waals surface area contributed by atoms with Gasteiger partial charge in [-0.2, -0.15) is 0 Å². The zero-order valence-corrected chi connectivity index (χ0v) is 8.10. The van der Waals surface area contributed by atoms with Crippen LogP contribution < -0.4 is 4.74 Å². The molecule has 0 fully saturated rings. The minimum atomic E-state index is -0.979. The summed E-state index contributed by atoms with van der Waals surface area (Å²) >= 11 is 0. The number of aromatic nitrogens is 1. The van der Waals surface area contributed by atoms with Crippen molar-refractivity contribution in [2.75, 3.05) is 7.11 Å². The van der Waals surface area contributed by atoms with E-state index in [-0.39, 0.29) is 5.56 Å². The normalized spacial score (nSPS) is 10.2. The fourth-order valence-electron chi connectivity index (χ4n) is 1.41. The SMILES string of the molecule is COc1cccc2cc(C(=O)O)cnc12. The van der Waals surface area contributed by atoms with Crippen LogP contribution in [-0.2, 0) is 0 Å². The Morgan fingerprint density at radius 2 is 2.27 bits per heavy atom. The number of pyridine rings is 1. The van der Waals surface area contributed by atoms with Crippen LogP contribution in [0.4, 0.5) is 0 Å². The molecule has 1 N–H and O–H groups in total. The van der Waals surface area contributed by atoms with Crippen LogP contribution in [0, 0.1) is 0 Å². The van der Waals surface area contributed by atoms with Gasteiger partial charge in [0.05, 0.1) is 12.7 Å². The molecule has 2 aromatic rings. The first kappa shape index (κ1) is 9.45. The molecular formula is C11H9NO3. The molecule has 0 bridgehead atoms. The zero-order valence-electron chi connectivity index (χ0n) is 8.10. The van der Waals surface area contributed by atoms with Gasteiger partial charge in [-0.3, -0.25) is 4.98 Å². The average molecular weight is 203 g/mol. The third kappa shape index (κ3) is 1.61. The summed E-state index contributed by atoms with van der Waals surface area (Å²) in [6.45, 7) is 0. The highest BCUT2D eigenvalue weighted by Crippen LogP contribution is 2.23. The molecule has 1 aromatic carbocycles. The Morgan fingerprint density at radius 1 is 1.47 bits per heavy atom. The number of carboxylic acids is 1. The lowest BCUT2D eigenvalue weighted by molar-refractivity contribution is 0.0696. The molecule has 0 aliphatic carbocycles. The summed E-state index contributed by atoms with van der Waals surface area (Å²) in [5.74, 6) is -0.336. The summed E-state index contributed by atoms with van der Waals surface area (Å²) in [5.41, 5.74) is 0.848. The molecule has 2 rings (SSSR count). The van der Waals surface area contributed by atoms with Gasteiger partial charge in [0.25, 0.3) is 0 Å². The molecule has 0 saturated heterocycles. The first-order valence-electron chi connectivity index (χ1n) is 4.38. The molecule has 1 aromatic heterocycles. The third-order valence-electron chi connectivity index (χ3n) is 2.14. The van der Waals surface area contributed by atoms with Crippen LogP contribution in [-0.4, -0.2) is 23.2 Å². The largest absolute Gasteiger partial charge is 0.494 e. The van der Waals surface area contributed by atoms with E-state index in [9.17, 15) is 4.79 Å². The molecule has 0 radical (unpaired) electrons. The van der Waals surface area contributed by atoms with Crippen LogP contribution in [0.5, 0.6) is 5.75 Å². The van der Waals surface area contributed by atoms with Crippen LogP contribution in [0.1, 0.15) is 10.4 Å². The predicted octanol–water partition coefficient (Wildman–Crippen LogP) is 1.94. The van der Waals surface area contributed by atoms with Crippen LogP contribution in [0.15, 0.2) is 30.5 Å². The monoisotopic (exact) mass is 203 g/mol. The smallest absolute Gasteiger partial charge is 0.337 e. The van der Waals surface area contributed by atoms with Gasteiger partial charge in [-0.1, -0.05) is 12.1 Å². The molecule has 0 unspecified atom stereocenters. The van der Waals surface area contributed by atoms with Gasteiger partial charge in [0.2, 0.25) is 0 Å². The molecule has 0 amide bonds. The number of carboxylic acid groups (broad SMARTS) is 1. The quantitative estimate of drug-likeness (QED) is 0.810. The van der Waals surface area contributed by atoms with Gasteiger partial charge in [-0.05, 0) is 12.1 Å². The molecule has 0 saturated carbocycles. The van der Waals surface area contributed by atoms with Crippen molar-refractivity contribution < 1.29 is 14.6 Å². The molecule has 76 valence electrons. The maximum Gasteiger partial charge on any atom is 0.337 e. The van der Waals surface area contributed by atoms with Crippen LogP contribution in [0.25, 0.3) is 10.9 Å². The molecule has 15 heavy (non-hydrogen) atoms. The summed E-state index contributed by atoms with van der Waals surface area (Å²) < 4.78 is 5.12. The summed E-state index contributed by atoms with van der Waals surface area (Å²) in [6, 6.07) is 6.97. The van der Waals surface area contributed by atoms with Gasteiger partial charge in [-0.25, -0.2) is 4.79 Å². The number of hydrogen-bond acceptors (Lipinski definition) is 3. The topological polar surface area (TPSA) is 59.4 Å². The molecule has 0 aliphatic rings. The average Bonchev–Trinajstić information content (AvgIpc) is 2.27. The van der Waals surface area contributed by atoms with E-state index in [4.69, 9.17) is 9.84 Å². The summed E-state index contributed by atoms with van der Waals surface area (Å²) in [6.07, 6.45) is 1.33. The van der Waals surface area contributed by atoms with Gasteiger partial charge in [-0.15, -0.1) is 0 Å². The highest BCUT2D eigenvalue weighted by Gasteiger charge is 2.07. The van der Waals surface area contributed by atoms with E-state index in [1.807, 2.05) is 0 Å². The molecule has 1 heterocycles. The lowest BCUT2D eigenvalue weighted by Crippen LogP contribution is -1.97. The van der Waals surface area contributed by atoms with Gasteiger partial charge in [0.15, 0.2) is 0 Å². The van der Waals surface area contributed by atoms with Crippen molar-refractivity contribution in [1.82, 2.24) is 4.98 Å². The highest BCUT2D eigenvalue weighted by atomic mass is 16.5. The van der Waals surface area contributed by atoms with Gasteiger partial charge < -0.3 is 9.84 Å².